The predicted octanol–water partition coefficient (Wildman–Crippen LogP) is 2.18. The largest absolute Gasteiger partial charge is 0.396 e. The minimum Gasteiger partial charge on any atom is -0.396 e. The lowest BCUT2D eigenvalue weighted by Crippen LogP contribution is -2.43. The maximum atomic E-state index is 12.1. The van der Waals surface area contributed by atoms with Crippen LogP contribution in [0.1, 0.15) is 44.2 Å². The smallest absolute Gasteiger partial charge is 0.320 e. The number of nitrogens with zero attached hydrogens (tertiary/aromatic N) is 2. The fraction of sp³-hybridized carbons (Fsp3) is 0.733. The van der Waals surface area contributed by atoms with Gasteiger partial charge in [0, 0.05) is 31.5 Å². The number of nitrogens with one attached hydrogen (secondary N) is 2. The van der Waals surface area contributed by atoms with Crippen molar-refractivity contribution in [2.24, 2.45) is 13.0 Å². The topological polar surface area (TPSA) is 79.2 Å². The number of aromatic nitrogens is 2. The first-order valence-corrected chi connectivity index (χ1v) is 7.79. The van der Waals surface area contributed by atoms with Crippen molar-refractivity contribution in [2.45, 2.75) is 51.5 Å². The van der Waals surface area contributed by atoms with Crippen LogP contribution in [0, 0.1) is 12.8 Å². The van der Waals surface area contributed by atoms with Crippen LogP contribution in [0.15, 0.2) is 6.07 Å². The van der Waals surface area contributed by atoms with Crippen molar-refractivity contribution in [2.75, 3.05) is 11.9 Å². The summed E-state index contributed by atoms with van der Waals surface area (Å²) < 4.78 is 1.72. The predicted molar refractivity (Wildman–Crippen MR) is 82.2 cm³/mol. The van der Waals surface area contributed by atoms with Gasteiger partial charge < -0.3 is 10.4 Å². The van der Waals surface area contributed by atoms with Gasteiger partial charge in [0.25, 0.3) is 0 Å². The van der Waals surface area contributed by atoms with Gasteiger partial charge in [-0.2, -0.15) is 5.10 Å². The lowest BCUT2D eigenvalue weighted by atomic mass is 9.83. The van der Waals surface area contributed by atoms with E-state index < -0.39 is 0 Å². The van der Waals surface area contributed by atoms with Crippen molar-refractivity contribution in [1.82, 2.24) is 15.1 Å². The van der Waals surface area contributed by atoms with Crippen LogP contribution in [0.3, 0.4) is 0 Å². The zero-order valence-corrected chi connectivity index (χ0v) is 12.9. The average Bonchev–Trinajstić information content (AvgIpc) is 2.77. The summed E-state index contributed by atoms with van der Waals surface area (Å²) in [6.45, 7) is 2.04. The molecule has 2 amide bonds. The lowest BCUT2D eigenvalue weighted by Gasteiger charge is -2.30. The SMILES string of the molecule is Cc1cc(NC(=O)NC(CCO)C2CCCCC2)nn1C. The number of rotatable bonds is 5. The molecule has 1 aromatic heterocycles. The molecule has 6 nitrogen and oxygen atoms in total. The van der Waals surface area contributed by atoms with E-state index in [1.165, 1.54) is 19.3 Å². The summed E-state index contributed by atoms with van der Waals surface area (Å²) in [6, 6.07) is 1.64. The van der Waals surface area contributed by atoms with Crippen LogP contribution < -0.4 is 10.6 Å². The summed E-state index contributed by atoms with van der Waals surface area (Å²) in [5, 5.41) is 19.2. The Morgan fingerprint density at radius 1 is 1.48 bits per heavy atom. The van der Waals surface area contributed by atoms with E-state index in [9.17, 15) is 9.90 Å². The highest BCUT2D eigenvalue weighted by molar-refractivity contribution is 5.88. The van der Waals surface area contributed by atoms with Crippen LogP contribution in [0.2, 0.25) is 0 Å². The minimum absolute atomic E-state index is 0.0418. The summed E-state index contributed by atoms with van der Waals surface area (Å²) in [7, 11) is 1.84. The summed E-state index contributed by atoms with van der Waals surface area (Å²) in [6.07, 6.45) is 6.59. The number of aryl methyl sites for hydroxylation is 2. The Bertz CT molecular complexity index is 447. The maximum Gasteiger partial charge on any atom is 0.320 e. The van der Waals surface area contributed by atoms with Crippen LogP contribution >= 0.6 is 0 Å². The highest BCUT2D eigenvalue weighted by Gasteiger charge is 2.24. The second kappa shape index (κ2) is 7.45. The van der Waals surface area contributed by atoms with E-state index in [2.05, 4.69) is 15.7 Å². The van der Waals surface area contributed by atoms with Gasteiger partial charge in [0.2, 0.25) is 0 Å². The third kappa shape index (κ3) is 4.46. The van der Waals surface area contributed by atoms with Crippen molar-refractivity contribution in [3.8, 4) is 0 Å². The first kappa shape index (κ1) is 15.8. The minimum atomic E-state index is -0.239. The number of aliphatic hydroxyl groups is 1. The fourth-order valence-electron chi connectivity index (χ4n) is 3.04. The van der Waals surface area contributed by atoms with Crippen molar-refractivity contribution in [1.29, 1.82) is 0 Å². The van der Waals surface area contributed by atoms with Crippen molar-refractivity contribution < 1.29 is 9.90 Å². The van der Waals surface area contributed by atoms with Crippen LogP contribution in [0.4, 0.5) is 10.6 Å². The molecule has 0 aromatic carbocycles. The van der Waals surface area contributed by atoms with Gasteiger partial charge in [0.05, 0.1) is 0 Å². The first-order chi connectivity index (χ1) is 10.1. The quantitative estimate of drug-likeness (QED) is 0.779. The number of carbonyl (C=O) groups is 1. The number of hydrogen-bond acceptors (Lipinski definition) is 3. The molecule has 6 heteroatoms. The zero-order chi connectivity index (χ0) is 15.2. The number of carbonyl (C=O) groups excluding carboxylic acids is 1. The third-order valence-corrected chi connectivity index (χ3v) is 4.33. The van der Waals surface area contributed by atoms with Gasteiger partial charge in [-0.15, -0.1) is 0 Å². The Hall–Kier alpha value is -1.56. The van der Waals surface area contributed by atoms with Gasteiger partial charge in [-0.05, 0) is 32.1 Å². The number of amides is 2. The van der Waals surface area contributed by atoms with Crippen molar-refractivity contribution >= 4 is 11.8 Å². The number of urea groups is 1. The monoisotopic (exact) mass is 294 g/mol. The van der Waals surface area contributed by atoms with Crippen molar-refractivity contribution in [3.05, 3.63) is 11.8 Å². The normalized spacial score (nSPS) is 17.5. The van der Waals surface area contributed by atoms with E-state index in [-0.39, 0.29) is 18.7 Å². The average molecular weight is 294 g/mol. The highest BCUT2D eigenvalue weighted by Crippen LogP contribution is 2.27. The lowest BCUT2D eigenvalue weighted by molar-refractivity contribution is 0.202. The van der Waals surface area contributed by atoms with Gasteiger partial charge in [-0.1, -0.05) is 19.3 Å². The Morgan fingerprint density at radius 2 is 2.19 bits per heavy atom. The summed E-state index contributed by atoms with van der Waals surface area (Å²) in [5.74, 6) is 1.03. The Labute approximate surface area is 125 Å². The van der Waals surface area contributed by atoms with E-state index in [4.69, 9.17) is 0 Å². The number of hydrogen-bond donors (Lipinski definition) is 3. The molecule has 21 heavy (non-hydrogen) atoms. The zero-order valence-electron chi connectivity index (χ0n) is 12.9. The van der Waals surface area contributed by atoms with Crippen LogP contribution in [-0.2, 0) is 7.05 Å². The third-order valence-electron chi connectivity index (χ3n) is 4.33. The van der Waals surface area contributed by atoms with E-state index in [1.807, 2.05) is 20.0 Å². The van der Waals surface area contributed by atoms with Gasteiger partial charge in [0.1, 0.15) is 0 Å². The van der Waals surface area contributed by atoms with Crippen LogP contribution in [-0.4, -0.2) is 33.6 Å². The Morgan fingerprint density at radius 3 is 2.76 bits per heavy atom. The molecular formula is C15H26N4O2. The summed E-state index contributed by atoms with van der Waals surface area (Å²) in [5.41, 5.74) is 0.990. The highest BCUT2D eigenvalue weighted by atomic mass is 16.3. The molecule has 0 aliphatic heterocycles. The van der Waals surface area contributed by atoms with Crippen molar-refractivity contribution in [3.63, 3.8) is 0 Å². The molecule has 118 valence electrons. The second-order valence-electron chi connectivity index (χ2n) is 5.91. The fourth-order valence-corrected chi connectivity index (χ4v) is 3.04. The van der Waals surface area contributed by atoms with E-state index in [1.54, 1.807) is 4.68 Å². The molecule has 2 rings (SSSR count). The molecule has 1 fully saturated rings. The first-order valence-electron chi connectivity index (χ1n) is 7.79. The molecule has 1 atom stereocenters. The Kier molecular flexibility index (Phi) is 5.61. The molecule has 0 saturated heterocycles. The molecule has 1 aromatic rings. The standard InChI is InChI=1S/C15H26N4O2/c1-11-10-14(18-19(11)2)17-15(21)16-13(8-9-20)12-6-4-3-5-7-12/h10,12-13,20H,3-9H2,1-2H3,(H2,16,17,18,21). The van der Waals surface area contributed by atoms with E-state index in [0.29, 0.717) is 18.2 Å². The molecule has 1 saturated carbocycles. The van der Waals surface area contributed by atoms with Crippen LogP contribution in [0.5, 0.6) is 0 Å². The molecule has 3 N–H and O–H groups in total. The molecule has 1 aliphatic carbocycles. The summed E-state index contributed by atoms with van der Waals surface area (Å²) in [4.78, 5) is 12.1. The van der Waals surface area contributed by atoms with Gasteiger partial charge in [-0.3, -0.25) is 10.00 Å². The molecule has 1 unspecified atom stereocenters. The van der Waals surface area contributed by atoms with Crippen LogP contribution in [0.25, 0.3) is 0 Å². The van der Waals surface area contributed by atoms with E-state index in [0.717, 1.165) is 18.5 Å². The molecule has 0 radical (unpaired) electrons. The van der Waals surface area contributed by atoms with Gasteiger partial charge >= 0.3 is 6.03 Å². The molecular weight excluding hydrogens is 268 g/mol. The number of anilines is 1. The van der Waals surface area contributed by atoms with E-state index >= 15 is 0 Å². The second-order valence-corrected chi connectivity index (χ2v) is 5.91. The van der Waals surface area contributed by atoms with Gasteiger partial charge in [0.15, 0.2) is 5.82 Å². The van der Waals surface area contributed by atoms with Gasteiger partial charge in [-0.25, -0.2) is 4.79 Å². The number of aliphatic hydroxyl groups excluding tert-OH is 1. The molecule has 1 aliphatic rings. The molecule has 0 bridgehead atoms. The molecule has 1 heterocycles. The Balaban J connectivity index is 1.90. The molecule has 0 spiro atoms. The maximum absolute atomic E-state index is 12.1. The summed E-state index contributed by atoms with van der Waals surface area (Å²) >= 11 is 0.